The van der Waals surface area contributed by atoms with Crippen LogP contribution in [0.15, 0.2) is 41.3 Å². The number of ketones is 1. The van der Waals surface area contributed by atoms with E-state index in [9.17, 15) is 22.8 Å². The molecule has 0 aromatic heterocycles. The number of benzene rings is 2. The minimum atomic E-state index is -3.66. The Balaban J connectivity index is 1.47. The number of carbonyl (C=O) groups excluding carboxylic acids is 3. The first kappa shape index (κ1) is 24.3. The largest absolute Gasteiger partial charge is 0.295 e. The van der Waals surface area contributed by atoms with E-state index in [1.807, 2.05) is 37.8 Å². The monoisotopic (exact) mass is 483 g/mol. The van der Waals surface area contributed by atoms with Crippen molar-refractivity contribution in [1.29, 1.82) is 0 Å². The van der Waals surface area contributed by atoms with Gasteiger partial charge in [0.25, 0.3) is 5.91 Å². The van der Waals surface area contributed by atoms with Gasteiger partial charge in [0.15, 0.2) is 5.78 Å². The molecule has 2 heterocycles. The van der Waals surface area contributed by atoms with Crippen molar-refractivity contribution in [3.8, 4) is 0 Å². The van der Waals surface area contributed by atoms with Crippen LogP contribution in [-0.2, 0) is 19.6 Å². The van der Waals surface area contributed by atoms with E-state index in [2.05, 4.69) is 0 Å². The summed E-state index contributed by atoms with van der Waals surface area (Å²) in [5.74, 6) is -0.707. The number of amides is 2. The minimum absolute atomic E-state index is 0.0518. The Morgan fingerprint density at radius 3 is 2.00 bits per heavy atom. The Morgan fingerprint density at radius 1 is 0.912 bits per heavy atom. The first-order valence-electron chi connectivity index (χ1n) is 11.3. The van der Waals surface area contributed by atoms with Crippen LogP contribution >= 0.6 is 0 Å². The number of Topliss-reactive ketones (excluding diaryl/α,β-unsaturated/α-hetero) is 1. The van der Waals surface area contributed by atoms with Gasteiger partial charge in [-0.25, -0.2) is 13.3 Å². The number of anilines is 1. The Labute approximate surface area is 200 Å². The summed E-state index contributed by atoms with van der Waals surface area (Å²) in [5.41, 5.74) is 3.42. The lowest BCUT2D eigenvalue weighted by atomic mass is 10.1. The number of sulfonamides is 1. The van der Waals surface area contributed by atoms with E-state index >= 15 is 0 Å². The number of carbonyl (C=O) groups is 3. The third-order valence-corrected chi connectivity index (χ3v) is 8.78. The van der Waals surface area contributed by atoms with E-state index in [0.717, 1.165) is 21.6 Å². The van der Waals surface area contributed by atoms with E-state index < -0.39 is 16.1 Å². The van der Waals surface area contributed by atoms with Crippen LogP contribution in [-0.4, -0.2) is 67.4 Å². The molecule has 2 aliphatic rings. The summed E-state index contributed by atoms with van der Waals surface area (Å²) in [4.78, 5) is 40.7. The lowest BCUT2D eigenvalue weighted by molar-refractivity contribution is -0.123. The van der Waals surface area contributed by atoms with E-state index in [0.29, 0.717) is 29.2 Å². The fraction of sp³-hybridized carbons (Fsp3) is 0.400. The van der Waals surface area contributed by atoms with Gasteiger partial charge in [0.1, 0.15) is 0 Å². The van der Waals surface area contributed by atoms with Crippen molar-refractivity contribution in [2.75, 3.05) is 31.1 Å². The number of hydrogen-bond donors (Lipinski definition) is 0. The molecule has 0 N–H and O–H groups in total. The van der Waals surface area contributed by atoms with Crippen molar-refractivity contribution in [2.24, 2.45) is 0 Å². The second-order valence-electron chi connectivity index (χ2n) is 9.06. The van der Waals surface area contributed by atoms with Crippen LogP contribution in [0.2, 0.25) is 0 Å². The fourth-order valence-corrected chi connectivity index (χ4v) is 6.81. The number of rotatable bonds is 5. The van der Waals surface area contributed by atoms with Gasteiger partial charge < -0.3 is 0 Å². The van der Waals surface area contributed by atoms with Crippen LogP contribution in [0.1, 0.15) is 40.4 Å². The predicted octanol–water partition coefficient (Wildman–Crippen LogP) is 2.45. The molecule has 4 rings (SSSR count). The molecule has 2 aromatic rings. The van der Waals surface area contributed by atoms with Crippen LogP contribution in [0.4, 0.5) is 5.69 Å². The summed E-state index contributed by atoms with van der Waals surface area (Å²) < 4.78 is 28.2. The van der Waals surface area contributed by atoms with Gasteiger partial charge in [-0.05, 0) is 63.1 Å². The molecule has 0 saturated carbocycles. The summed E-state index contributed by atoms with van der Waals surface area (Å²) in [7, 11) is -3.66. The number of nitrogens with zero attached hydrogens (tertiary/aromatic N) is 3. The second kappa shape index (κ2) is 9.05. The lowest BCUT2D eigenvalue weighted by Gasteiger charge is -2.36. The highest BCUT2D eigenvalue weighted by Gasteiger charge is 2.44. The molecular formula is C25H29N3O5S. The van der Waals surface area contributed by atoms with Crippen molar-refractivity contribution in [2.45, 2.75) is 45.1 Å². The van der Waals surface area contributed by atoms with Gasteiger partial charge in [-0.1, -0.05) is 17.7 Å². The molecule has 180 valence electrons. The first-order valence-corrected chi connectivity index (χ1v) is 12.7. The molecule has 8 nitrogen and oxygen atoms in total. The molecule has 1 atom stereocenters. The molecule has 0 unspecified atom stereocenters. The molecule has 2 aliphatic heterocycles. The maximum atomic E-state index is 13.4. The average Bonchev–Trinajstić information content (AvgIpc) is 3.06. The maximum absolute atomic E-state index is 13.4. The molecule has 2 saturated heterocycles. The highest BCUT2D eigenvalue weighted by atomic mass is 32.2. The van der Waals surface area contributed by atoms with Gasteiger partial charge in [0.2, 0.25) is 15.9 Å². The Hall–Kier alpha value is -2.88. The number of imide groups is 1. The number of hydrogen-bond acceptors (Lipinski definition) is 6. The third-order valence-electron chi connectivity index (χ3n) is 6.57. The topological polar surface area (TPSA) is 95.1 Å². The summed E-state index contributed by atoms with van der Waals surface area (Å²) in [6.45, 7) is 8.25. The normalized spacial score (nSPS) is 20.2. The van der Waals surface area contributed by atoms with Crippen molar-refractivity contribution < 1.29 is 22.8 Å². The van der Waals surface area contributed by atoms with Crippen LogP contribution < -0.4 is 4.90 Å². The zero-order chi connectivity index (χ0) is 24.8. The van der Waals surface area contributed by atoms with E-state index in [1.165, 1.54) is 11.2 Å². The zero-order valence-electron chi connectivity index (χ0n) is 19.9. The average molecular weight is 484 g/mol. The standard InChI is InChI=1S/C25H29N3O5S/c1-16-13-17(2)24(18(3)14-16)34(32,33)27-11-9-26(10-12-27)22-15-23(30)28(25(22)31)21-7-5-20(6-8-21)19(4)29/h5-8,13-14,22H,9-12,15H2,1-4H3/t22-/m1/s1. The van der Waals surface area contributed by atoms with Crippen LogP contribution in [0.5, 0.6) is 0 Å². The molecule has 0 aliphatic carbocycles. The molecule has 2 fully saturated rings. The molecule has 9 heteroatoms. The van der Waals surface area contributed by atoms with Crippen molar-refractivity contribution >= 4 is 33.3 Å². The molecular weight excluding hydrogens is 454 g/mol. The highest BCUT2D eigenvalue weighted by Crippen LogP contribution is 2.29. The SMILES string of the molecule is CC(=O)c1ccc(N2C(=O)C[C@@H](N3CCN(S(=O)(=O)c4c(C)cc(C)cc4C)CC3)C2=O)cc1. The zero-order valence-corrected chi connectivity index (χ0v) is 20.7. The summed E-state index contributed by atoms with van der Waals surface area (Å²) in [5, 5.41) is 0. The Bertz CT molecular complexity index is 1240. The van der Waals surface area contributed by atoms with Gasteiger partial charge >= 0.3 is 0 Å². The van der Waals surface area contributed by atoms with Gasteiger partial charge in [-0.2, -0.15) is 4.31 Å². The van der Waals surface area contributed by atoms with Crippen molar-refractivity contribution in [3.05, 3.63) is 58.7 Å². The first-order chi connectivity index (χ1) is 16.0. The van der Waals surface area contributed by atoms with Gasteiger partial charge in [0.05, 0.1) is 23.0 Å². The lowest BCUT2D eigenvalue weighted by Crippen LogP contribution is -2.53. The minimum Gasteiger partial charge on any atom is -0.295 e. The molecule has 0 spiro atoms. The van der Waals surface area contributed by atoms with E-state index in [4.69, 9.17) is 0 Å². The molecule has 0 bridgehead atoms. The van der Waals surface area contributed by atoms with Gasteiger partial charge in [-0.3, -0.25) is 19.3 Å². The van der Waals surface area contributed by atoms with Gasteiger partial charge in [-0.15, -0.1) is 0 Å². The van der Waals surface area contributed by atoms with Crippen LogP contribution in [0, 0.1) is 20.8 Å². The highest BCUT2D eigenvalue weighted by molar-refractivity contribution is 7.89. The molecule has 2 aromatic carbocycles. The smallest absolute Gasteiger partial charge is 0.251 e. The van der Waals surface area contributed by atoms with Crippen LogP contribution in [0.3, 0.4) is 0 Å². The van der Waals surface area contributed by atoms with E-state index in [-0.39, 0.29) is 37.1 Å². The van der Waals surface area contributed by atoms with Crippen molar-refractivity contribution in [3.63, 3.8) is 0 Å². The second-order valence-corrected chi connectivity index (χ2v) is 10.9. The summed E-state index contributed by atoms with van der Waals surface area (Å²) in [6.07, 6.45) is 0.0518. The summed E-state index contributed by atoms with van der Waals surface area (Å²) >= 11 is 0. The summed E-state index contributed by atoms with van der Waals surface area (Å²) in [6, 6.07) is 9.53. The number of piperazine rings is 1. The maximum Gasteiger partial charge on any atom is 0.251 e. The third kappa shape index (κ3) is 4.31. The Morgan fingerprint density at radius 2 is 1.47 bits per heavy atom. The molecule has 2 amide bonds. The predicted molar refractivity (Wildman–Crippen MR) is 128 cm³/mol. The van der Waals surface area contributed by atoms with Crippen molar-refractivity contribution in [1.82, 2.24) is 9.21 Å². The van der Waals surface area contributed by atoms with Gasteiger partial charge in [0, 0.05) is 31.7 Å². The van der Waals surface area contributed by atoms with Crippen LogP contribution in [0.25, 0.3) is 0 Å². The molecule has 34 heavy (non-hydrogen) atoms. The quantitative estimate of drug-likeness (QED) is 0.479. The number of aryl methyl sites for hydroxylation is 3. The van der Waals surface area contributed by atoms with E-state index in [1.54, 1.807) is 24.3 Å². The fourth-order valence-electron chi connectivity index (χ4n) is 4.98. The molecule has 0 radical (unpaired) electrons. The Kier molecular flexibility index (Phi) is 6.46.